The van der Waals surface area contributed by atoms with Crippen LogP contribution < -0.4 is 0 Å². The predicted octanol–water partition coefficient (Wildman–Crippen LogP) is 2.00. The Balaban J connectivity index is 4.67. The third kappa shape index (κ3) is 6.50. The summed E-state index contributed by atoms with van der Waals surface area (Å²) in [5.41, 5.74) is 0. The molecule has 0 saturated carbocycles. The van der Waals surface area contributed by atoms with Crippen LogP contribution in [-0.4, -0.2) is 36.7 Å². The molecular formula is C9H15F3O4S. The number of hydrogen-bond donors (Lipinski definition) is 1. The molecule has 1 unspecified atom stereocenters. The van der Waals surface area contributed by atoms with Crippen molar-refractivity contribution in [2.24, 2.45) is 0 Å². The first-order valence-electron chi connectivity index (χ1n) is 5.11. The number of carboxylic acids is 1. The predicted molar refractivity (Wildman–Crippen MR) is 55.4 cm³/mol. The van der Waals surface area contributed by atoms with Gasteiger partial charge in [0.15, 0.2) is 15.1 Å². The standard InChI is InChI=1S/C9H15F3O4S/c1-2-3-4-7(8(13)14)17(15,16)6-5-9(10,11)12/h7H,2-6H2,1H3,(H,13,14). The molecule has 0 aliphatic carbocycles. The van der Waals surface area contributed by atoms with Crippen LogP contribution in [0.25, 0.3) is 0 Å². The molecule has 0 aromatic carbocycles. The minimum absolute atomic E-state index is 0.147. The molecule has 0 saturated heterocycles. The molecule has 0 spiro atoms. The van der Waals surface area contributed by atoms with E-state index >= 15 is 0 Å². The minimum atomic E-state index is -4.60. The SMILES string of the molecule is CCCCC(C(=O)O)S(=O)(=O)CCC(F)(F)F. The lowest BCUT2D eigenvalue weighted by Gasteiger charge is -2.13. The Morgan fingerprint density at radius 1 is 1.35 bits per heavy atom. The maximum absolute atomic E-state index is 11.9. The molecule has 1 N–H and O–H groups in total. The first-order chi connectivity index (χ1) is 7.60. The summed E-state index contributed by atoms with van der Waals surface area (Å²) in [6, 6.07) is 0. The summed E-state index contributed by atoms with van der Waals surface area (Å²) in [7, 11) is -4.25. The smallest absolute Gasteiger partial charge is 0.390 e. The average Bonchev–Trinajstić information content (AvgIpc) is 2.14. The van der Waals surface area contributed by atoms with Crippen LogP contribution in [0.2, 0.25) is 0 Å². The van der Waals surface area contributed by atoms with E-state index in [4.69, 9.17) is 5.11 Å². The van der Waals surface area contributed by atoms with Crippen molar-refractivity contribution in [2.45, 2.75) is 44.0 Å². The van der Waals surface area contributed by atoms with Crippen LogP contribution in [0, 0.1) is 0 Å². The van der Waals surface area contributed by atoms with E-state index in [1.807, 2.05) is 0 Å². The molecule has 0 bridgehead atoms. The van der Waals surface area contributed by atoms with Gasteiger partial charge in [-0.25, -0.2) is 8.42 Å². The lowest BCUT2D eigenvalue weighted by molar-refractivity contribution is -0.137. The number of aliphatic carboxylic acids is 1. The summed E-state index contributed by atoms with van der Waals surface area (Å²) in [6.45, 7) is 1.74. The quantitative estimate of drug-likeness (QED) is 0.772. The highest BCUT2D eigenvalue weighted by atomic mass is 32.2. The Hall–Kier alpha value is -0.790. The van der Waals surface area contributed by atoms with Crippen LogP contribution in [0.15, 0.2) is 0 Å². The van der Waals surface area contributed by atoms with Crippen LogP contribution in [0.5, 0.6) is 0 Å². The molecule has 17 heavy (non-hydrogen) atoms. The number of halogens is 3. The van der Waals surface area contributed by atoms with Crippen molar-refractivity contribution in [1.29, 1.82) is 0 Å². The zero-order valence-corrected chi connectivity index (χ0v) is 10.1. The highest BCUT2D eigenvalue weighted by Gasteiger charge is 2.36. The molecule has 0 aromatic rings. The van der Waals surface area contributed by atoms with Crippen LogP contribution in [0.4, 0.5) is 13.2 Å². The molecule has 0 aliphatic heterocycles. The third-order valence-corrected chi connectivity index (χ3v) is 4.28. The fraction of sp³-hybridized carbons (Fsp3) is 0.889. The molecule has 1 atom stereocenters. The van der Waals surface area contributed by atoms with E-state index in [2.05, 4.69) is 0 Å². The van der Waals surface area contributed by atoms with Gasteiger partial charge in [-0.1, -0.05) is 19.8 Å². The normalized spacial score (nSPS) is 14.6. The van der Waals surface area contributed by atoms with Gasteiger partial charge in [0.25, 0.3) is 0 Å². The fourth-order valence-electron chi connectivity index (χ4n) is 1.25. The second-order valence-corrected chi connectivity index (χ2v) is 6.00. The zero-order chi connectivity index (χ0) is 13.7. The molecule has 0 aliphatic rings. The number of alkyl halides is 3. The molecule has 0 rings (SSSR count). The van der Waals surface area contributed by atoms with E-state index in [1.165, 1.54) is 0 Å². The number of unbranched alkanes of at least 4 members (excludes halogenated alkanes) is 1. The number of carbonyl (C=O) groups is 1. The molecule has 0 aromatic heterocycles. The lowest BCUT2D eigenvalue weighted by atomic mass is 10.2. The van der Waals surface area contributed by atoms with Crippen LogP contribution in [-0.2, 0) is 14.6 Å². The summed E-state index contributed by atoms with van der Waals surface area (Å²) < 4.78 is 58.6. The van der Waals surface area contributed by atoms with E-state index in [0.717, 1.165) is 0 Å². The molecular weight excluding hydrogens is 261 g/mol. The van der Waals surface area contributed by atoms with Gasteiger partial charge in [-0.05, 0) is 6.42 Å². The second-order valence-electron chi connectivity index (χ2n) is 3.70. The Labute approximate surface area is 97.7 Å². The van der Waals surface area contributed by atoms with Gasteiger partial charge >= 0.3 is 12.1 Å². The summed E-state index contributed by atoms with van der Waals surface area (Å²) in [4.78, 5) is 10.7. The monoisotopic (exact) mass is 276 g/mol. The molecule has 102 valence electrons. The lowest BCUT2D eigenvalue weighted by Crippen LogP contribution is -2.33. The molecule has 0 radical (unpaired) electrons. The van der Waals surface area contributed by atoms with E-state index in [0.29, 0.717) is 12.8 Å². The maximum Gasteiger partial charge on any atom is 0.390 e. The summed E-state index contributed by atoms with van der Waals surface area (Å²) in [5, 5.41) is 6.97. The molecule has 8 heteroatoms. The van der Waals surface area contributed by atoms with Gasteiger partial charge in [0.2, 0.25) is 0 Å². The topological polar surface area (TPSA) is 71.4 Å². The van der Waals surface area contributed by atoms with Gasteiger partial charge in [-0.3, -0.25) is 4.79 Å². The fourth-order valence-corrected chi connectivity index (χ4v) is 2.88. The van der Waals surface area contributed by atoms with Crippen LogP contribution in [0.3, 0.4) is 0 Å². The molecule has 0 amide bonds. The Kier molecular flexibility index (Phi) is 5.94. The van der Waals surface area contributed by atoms with E-state index < -0.39 is 39.4 Å². The van der Waals surface area contributed by atoms with Gasteiger partial charge in [-0.15, -0.1) is 0 Å². The first kappa shape index (κ1) is 16.2. The third-order valence-electron chi connectivity index (χ3n) is 2.20. The number of hydrogen-bond acceptors (Lipinski definition) is 3. The summed E-state index contributed by atoms with van der Waals surface area (Å²) >= 11 is 0. The van der Waals surface area contributed by atoms with E-state index in [9.17, 15) is 26.4 Å². The van der Waals surface area contributed by atoms with Crippen LogP contribution in [0.1, 0.15) is 32.6 Å². The summed E-state index contributed by atoms with van der Waals surface area (Å²) in [5.74, 6) is -2.75. The van der Waals surface area contributed by atoms with Crippen molar-refractivity contribution in [3.63, 3.8) is 0 Å². The number of carboxylic acid groups (broad SMARTS) is 1. The maximum atomic E-state index is 11.9. The molecule has 4 nitrogen and oxygen atoms in total. The Morgan fingerprint density at radius 2 is 1.88 bits per heavy atom. The zero-order valence-electron chi connectivity index (χ0n) is 9.33. The highest BCUT2D eigenvalue weighted by molar-refractivity contribution is 7.92. The van der Waals surface area contributed by atoms with Gasteiger partial charge < -0.3 is 5.11 Å². The van der Waals surface area contributed by atoms with Gasteiger partial charge in [0.1, 0.15) is 0 Å². The second kappa shape index (κ2) is 6.23. The van der Waals surface area contributed by atoms with Gasteiger partial charge in [-0.2, -0.15) is 13.2 Å². The Morgan fingerprint density at radius 3 is 2.24 bits per heavy atom. The van der Waals surface area contributed by atoms with Gasteiger partial charge in [0, 0.05) is 0 Å². The van der Waals surface area contributed by atoms with Crippen molar-refractivity contribution in [1.82, 2.24) is 0 Å². The molecule has 0 fully saturated rings. The minimum Gasteiger partial charge on any atom is -0.480 e. The van der Waals surface area contributed by atoms with Crippen molar-refractivity contribution >= 4 is 15.8 Å². The first-order valence-corrected chi connectivity index (χ1v) is 6.83. The largest absolute Gasteiger partial charge is 0.480 e. The average molecular weight is 276 g/mol. The van der Waals surface area contributed by atoms with E-state index in [1.54, 1.807) is 6.92 Å². The highest BCUT2D eigenvalue weighted by Crippen LogP contribution is 2.22. The van der Waals surface area contributed by atoms with Gasteiger partial charge in [0.05, 0.1) is 12.2 Å². The number of rotatable bonds is 7. The van der Waals surface area contributed by atoms with Crippen molar-refractivity contribution in [3.8, 4) is 0 Å². The van der Waals surface area contributed by atoms with E-state index in [-0.39, 0.29) is 6.42 Å². The number of sulfone groups is 1. The Bertz CT molecular complexity index is 348. The van der Waals surface area contributed by atoms with Crippen molar-refractivity contribution in [2.75, 3.05) is 5.75 Å². The molecule has 0 heterocycles. The van der Waals surface area contributed by atoms with Crippen molar-refractivity contribution in [3.05, 3.63) is 0 Å². The van der Waals surface area contributed by atoms with Crippen molar-refractivity contribution < 1.29 is 31.5 Å². The summed E-state index contributed by atoms with van der Waals surface area (Å²) in [6.07, 6.45) is -5.32. The van der Waals surface area contributed by atoms with Crippen LogP contribution >= 0.6 is 0 Å².